The maximum absolute atomic E-state index is 12.1. The van der Waals surface area contributed by atoms with Gasteiger partial charge in [-0.1, -0.05) is 15.9 Å². The van der Waals surface area contributed by atoms with Gasteiger partial charge in [-0.15, -0.1) is 0 Å². The number of benzene rings is 3. The van der Waals surface area contributed by atoms with Crippen LogP contribution in [0.15, 0.2) is 82.4 Å². The van der Waals surface area contributed by atoms with Crippen LogP contribution in [0.3, 0.4) is 0 Å². The Balaban J connectivity index is 1.48. The molecule has 2 N–H and O–H groups in total. The van der Waals surface area contributed by atoms with Gasteiger partial charge in [-0.2, -0.15) is 5.10 Å². The van der Waals surface area contributed by atoms with Crippen molar-refractivity contribution in [1.29, 1.82) is 0 Å². The Morgan fingerprint density at radius 3 is 2.15 bits per heavy atom. The molecule has 3 rings (SSSR count). The lowest BCUT2D eigenvalue weighted by Gasteiger charge is -2.06. The SMILES string of the molecule is CCOc1ccc(NC(=O)C(=O)NN=Cc2ccc(OC(=O)c3ccc(Br)cc3)cc2)cc1. The van der Waals surface area contributed by atoms with E-state index < -0.39 is 17.8 Å². The van der Waals surface area contributed by atoms with E-state index in [0.29, 0.717) is 34.9 Å². The predicted molar refractivity (Wildman–Crippen MR) is 128 cm³/mol. The molecule has 0 aliphatic heterocycles. The van der Waals surface area contributed by atoms with Crippen LogP contribution in [0.5, 0.6) is 11.5 Å². The summed E-state index contributed by atoms with van der Waals surface area (Å²) >= 11 is 3.31. The molecule has 9 heteroatoms. The molecule has 0 aliphatic carbocycles. The second-order valence-corrected chi connectivity index (χ2v) is 7.49. The van der Waals surface area contributed by atoms with Crippen LogP contribution < -0.4 is 20.2 Å². The minimum Gasteiger partial charge on any atom is -0.494 e. The minimum absolute atomic E-state index is 0.360. The zero-order chi connectivity index (χ0) is 23.6. The predicted octanol–water partition coefficient (Wildman–Crippen LogP) is 4.16. The molecule has 2 amide bonds. The second kappa shape index (κ2) is 11.6. The number of carbonyl (C=O) groups is 3. The van der Waals surface area contributed by atoms with Crippen molar-refractivity contribution in [2.75, 3.05) is 11.9 Å². The summed E-state index contributed by atoms with van der Waals surface area (Å²) < 4.78 is 11.5. The number of hydrazone groups is 1. The summed E-state index contributed by atoms with van der Waals surface area (Å²) in [7, 11) is 0. The molecule has 0 aliphatic rings. The Hall–Kier alpha value is -3.98. The third-order valence-corrected chi connectivity index (χ3v) is 4.71. The van der Waals surface area contributed by atoms with Gasteiger partial charge in [-0.25, -0.2) is 10.2 Å². The molecule has 0 spiro atoms. The van der Waals surface area contributed by atoms with E-state index in [1.807, 2.05) is 6.92 Å². The first-order chi connectivity index (χ1) is 15.9. The standard InChI is InChI=1S/C24H20BrN3O5/c1-2-32-20-13-9-19(10-14-20)27-22(29)23(30)28-26-15-16-3-11-21(12-4-16)33-24(31)17-5-7-18(25)8-6-17/h3-15H,2H2,1H3,(H,27,29)(H,28,30). The van der Waals surface area contributed by atoms with E-state index in [-0.39, 0.29) is 0 Å². The average Bonchev–Trinajstić information content (AvgIpc) is 2.82. The Bertz CT molecular complexity index is 1140. The smallest absolute Gasteiger partial charge is 0.343 e. The number of carbonyl (C=O) groups excluding carboxylic acids is 3. The van der Waals surface area contributed by atoms with Gasteiger partial charge in [0, 0.05) is 10.2 Å². The van der Waals surface area contributed by atoms with E-state index in [9.17, 15) is 14.4 Å². The first-order valence-corrected chi connectivity index (χ1v) is 10.7. The van der Waals surface area contributed by atoms with Gasteiger partial charge in [-0.3, -0.25) is 9.59 Å². The average molecular weight is 510 g/mol. The fourth-order valence-corrected chi connectivity index (χ4v) is 2.84. The molecule has 8 nitrogen and oxygen atoms in total. The van der Waals surface area contributed by atoms with Crippen LogP contribution in [0.2, 0.25) is 0 Å². The topological polar surface area (TPSA) is 106 Å². The molecule has 168 valence electrons. The van der Waals surface area contributed by atoms with Crippen LogP contribution in [0.1, 0.15) is 22.8 Å². The van der Waals surface area contributed by atoms with Crippen molar-refractivity contribution in [3.63, 3.8) is 0 Å². The van der Waals surface area contributed by atoms with E-state index in [1.165, 1.54) is 6.21 Å². The van der Waals surface area contributed by atoms with E-state index in [1.54, 1.807) is 72.8 Å². The van der Waals surface area contributed by atoms with Gasteiger partial charge in [-0.05, 0) is 85.3 Å². The van der Waals surface area contributed by atoms with Crippen LogP contribution in [0.4, 0.5) is 5.69 Å². The molecule has 3 aromatic carbocycles. The molecule has 0 unspecified atom stereocenters. The Morgan fingerprint density at radius 2 is 1.52 bits per heavy atom. The third-order valence-electron chi connectivity index (χ3n) is 4.18. The molecule has 0 atom stereocenters. The molecular formula is C24H20BrN3O5. The van der Waals surface area contributed by atoms with Crippen molar-refractivity contribution in [3.8, 4) is 11.5 Å². The Morgan fingerprint density at radius 1 is 0.879 bits per heavy atom. The quantitative estimate of drug-likeness (QED) is 0.163. The Kier molecular flexibility index (Phi) is 8.31. The molecule has 0 aromatic heterocycles. The van der Waals surface area contributed by atoms with Gasteiger partial charge in [0.1, 0.15) is 11.5 Å². The molecule has 0 radical (unpaired) electrons. The molecule has 0 heterocycles. The number of hydrogen-bond donors (Lipinski definition) is 2. The molecule has 0 saturated heterocycles. The summed E-state index contributed by atoms with van der Waals surface area (Å²) in [5.74, 6) is -1.22. The number of rotatable bonds is 7. The summed E-state index contributed by atoms with van der Waals surface area (Å²) in [5, 5.41) is 6.24. The zero-order valence-corrected chi connectivity index (χ0v) is 19.2. The van der Waals surface area contributed by atoms with Gasteiger partial charge in [0.05, 0.1) is 18.4 Å². The summed E-state index contributed by atoms with van der Waals surface area (Å²) in [6, 6.07) is 20.0. The number of nitrogens with zero attached hydrogens (tertiary/aromatic N) is 1. The third kappa shape index (κ3) is 7.29. The molecule has 0 bridgehead atoms. The molecular weight excluding hydrogens is 490 g/mol. The minimum atomic E-state index is -0.916. The summed E-state index contributed by atoms with van der Waals surface area (Å²) in [6.45, 7) is 2.40. The maximum atomic E-state index is 12.1. The monoisotopic (exact) mass is 509 g/mol. The highest BCUT2D eigenvalue weighted by Crippen LogP contribution is 2.16. The van der Waals surface area contributed by atoms with E-state index in [2.05, 4.69) is 31.8 Å². The summed E-state index contributed by atoms with van der Waals surface area (Å²) in [4.78, 5) is 36.0. The van der Waals surface area contributed by atoms with Crippen molar-refractivity contribution in [3.05, 3.63) is 88.4 Å². The van der Waals surface area contributed by atoms with E-state index >= 15 is 0 Å². The van der Waals surface area contributed by atoms with Crippen LogP contribution in [-0.4, -0.2) is 30.6 Å². The normalized spacial score (nSPS) is 10.5. The van der Waals surface area contributed by atoms with Crippen molar-refractivity contribution >= 4 is 45.6 Å². The van der Waals surface area contributed by atoms with Gasteiger partial charge >= 0.3 is 17.8 Å². The number of halogens is 1. The number of hydrogen-bond acceptors (Lipinski definition) is 6. The number of ether oxygens (including phenoxy) is 2. The van der Waals surface area contributed by atoms with Crippen LogP contribution in [0.25, 0.3) is 0 Å². The zero-order valence-electron chi connectivity index (χ0n) is 17.6. The molecule has 3 aromatic rings. The fourth-order valence-electron chi connectivity index (χ4n) is 2.58. The van der Waals surface area contributed by atoms with Crippen molar-refractivity contribution < 1.29 is 23.9 Å². The van der Waals surface area contributed by atoms with Gasteiger partial charge < -0.3 is 14.8 Å². The number of nitrogens with one attached hydrogen (secondary N) is 2. The molecule has 0 saturated carbocycles. The van der Waals surface area contributed by atoms with Crippen LogP contribution in [0, 0.1) is 0 Å². The fraction of sp³-hybridized carbons (Fsp3) is 0.0833. The van der Waals surface area contributed by atoms with Crippen molar-refractivity contribution in [1.82, 2.24) is 5.43 Å². The number of amides is 2. The molecule has 0 fully saturated rings. The van der Waals surface area contributed by atoms with Crippen molar-refractivity contribution in [2.45, 2.75) is 6.92 Å². The van der Waals surface area contributed by atoms with Gasteiger partial charge in [0.25, 0.3) is 0 Å². The highest BCUT2D eigenvalue weighted by molar-refractivity contribution is 9.10. The summed E-state index contributed by atoms with van der Waals surface area (Å²) in [6.07, 6.45) is 1.36. The highest BCUT2D eigenvalue weighted by Gasteiger charge is 2.13. The van der Waals surface area contributed by atoms with Gasteiger partial charge in [0.15, 0.2) is 0 Å². The van der Waals surface area contributed by atoms with E-state index in [0.717, 1.165) is 4.47 Å². The lowest BCUT2D eigenvalue weighted by molar-refractivity contribution is -0.136. The van der Waals surface area contributed by atoms with Crippen LogP contribution in [-0.2, 0) is 9.59 Å². The highest BCUT2D eigenvalue weighted by atomic mass is 79.9. The number of anilines is 1. The summed E-state index contributed by atoms with van der Waals surface area (Å²) in [5.41, 5.74) is 3.67. The van der Waals surface area contributed by atoms with E-state index in [4.69, 9.17) is 9.47 Å². The number of esters is 1. The Labute approximate surface area is 198 Å². The second-order valence-electron chi connectivity index (χ2n) is 6.58. The molecule has 33 heavy (non-hydrogen) atoms. The largest absolute Gasteiger partial charge is 0.494 e. The lowest BCUT2D eigenvalue weighted by Crippen LogP contribution is -2.32. The first-order valence-electron chi connectivity index (χ1n) is 9.89. The maximum Gasteiger partial charge on any atom is 0.343 e. The lowest BCUT2D eigenvalue weighted by atomic mass is 10.2. The first kappa shape index (κ1) is 23.7. The van der Waals surface area contributed by atoms with Crippen LogP contribution >= 0.6 is 15.9 Å². The van der Waals surface area contributed by atoms with Crippen molar-refractivity contribution in [2.24, 2.45) is 5.10 Å². The van der Waals surface area contributed by atoms with Gasteiger partial charge in [0.2, 0.25) is 0 Å².